The van der Waals surface area contributed by atoms with Crippen LogP contribution in [0.2, 0.25) is 0 Å². The number of aliphatic carboxylic acids is 1. The highest BCUT2D eigenvalue weighted by Gasteiger charge is 2.47. The van der Waals surface area contributed by atoms with Gasteiger partial charge in [-0.05, 0) is 47.0 Å². The van der Waals surface area contributed by atoms with Gasteiger partial charge in [0.1, 0.15) is 11.9 Å². The number of hydrogen-bond donors (Lipinski definition) is 1. The average molecular weight is 513 g/mol. The van der Waals surface area contributed by atoms with Gasteiger partial charge in [0.05, 0.1) is 31.7 Å². The van der Waals surface area contributed by atoms with E-state index in [2.05, 4.69) is 0 Å². The van der Waals surface area contributed by atoms with Crippen LogP contribution >= 0.6 is 0 Å². The monoisotopic (exact) mass is 513 g/mol. The highest BCUT2D eigenvalue weighted by atomic mass is 19.4. The van der Waals surface area contributed by atoms with Crippen LogP contribution in [-0.2, 0) is 35.1 Å². The van der Waals surface area contributed by atoms with E-state index in [-0.39, 0.29) is 35.8 Å². The molecular formula is C27H22F3NO6. The molecule has 0 bridgehead atoms. The van der Waals surface area contributed by atoms with E-state index in [0.29, 0.717) is 12.0 Å². The van der Waals surface area contributed by atoms with Crippen molar-refractivity contribution in [1.82, 2.24) is 4.90 Å². The lowest BCUT2D eigenvalue weighted by atomic mass is 10.0. The number of carboxylic acid groups (broad SMARTS) is 1. The topological polar surface area (TPSA) is 85.3 Å². The van der Waals surface area contributed by atoms with E-state index in [4.69, 9.17) is 19.3 Å². The first kappa shape index (κ1) is 24.5. The third-order valence-corrected chi connectivity index (χ3v) is 6.50. The van der Waals surface area contributed by atoms with Crippen LogP contribution in [0.4, 0.5) is 18.0 Å². The van der Waals surface area contributed by atoms with Crippen molar-refractivity contribution in [3.05, 3.63) is 88.5 Å². The molecule has 2 aliphatic rings. The molecule has 1 aliphatic carbocycles. The van der Waals surface area contributed by atoms with E-state index < -0.39 is 35.9 Å². The van der Waals surface area contributed by atoms with Crippen LogP contribution in [0.15, 0.2) is 60.7 Å². The lowest BCUT2D eigenvalue weighted by molar-refractivity contribution is -0.138. The van der Waals surface area contributed by atoms with Crippen LogP contribution in [0.3, 0.4) is 0 Å². The largest absolute Gasteiger partial charge is 0.493 e. The van der Waals surface area contributed by atoms with E-state index in [1.54, 1.807) is 6.07 Å². The molecule has 10 heteroatoms. The van der Waals surface area contributed by atoms with Gasteiger partial charge in [0.15, 0.2) is 11.5 Å². The number of hydrogen-bond acceptors (Lipinski definition) is 5. The number of rotatable bonds is 7. The predicted octanol–water partition coefficient (Wildman–Crippen LogP) is 5.75. The van der Waals surface area contributed by atoms with Crippen molar-refractivity contribution < 1.29 is 42.1 Å². The molecule has 5 rings (SSSR count). The van der Waals surface area contributed by atoms with Crippen LogP contribution < -0.4 is 9.47 Å². The average Bonchev–Trinajstić information content (AvgIpc) is 3.34. The second kappa shape index (κ2) is 9.34. The molecule has 37 heavy (non-hydrogen) atoms. The molecule has 0 radical (unpaired) electrons. The lowest BCUT2D eigenvalue weighted by Crippen LogP contribution is -2.27. The third kappa shape index (κ3) is 4.78. The van der Waals surface area contributed by atoms with Crippen molar-refractivity contribution in [3.63, 3.8) is 0 Å². The van der Waals surface area contributed by atoms with Gasteiger partial charge in [0.25, 0.3) is 0 Å². The molecule has 1 aliphatic heterocycles. The number of amides is 1. The molecule has 3 aromatic carbocycles. The first-order valence-corrected chi connectivity index (χ1v) is 11.5. The highest BCUT2D eigenvalue weighted by molar-refractivity contribution is 5.73. The zero-order valence-electron chi connectivity index (χ0n) is 19.6. The molecule has 1 fully saturated rings. The lowest BCUT2D eigenvalue weighted by Gasteiger charge is -2.24. The SMILES string of the molecule is COc1ccc(CC(=O)O)cc1Oc1ccc(C(F)(F)F)cc1CN1C(=O)O[C@H]2Cc3ccccc3[C@H]21. The molecule has 2 atom stereocenters. The molecular weight excluding hydrogens is 491 g/mol. The number of carbonyl (C=O) groups excluding carboxylic acids is 1. The summed E-state index contributed by atoms with van der Waals surface area (Å²) in [6, 6.07) is 14.7. The Balaban J connectivity index is 1.53. The summed E-state index contributed by atoms with van der Waals surface area (Å²) in [4.78, 5) is 25.3. The summed E-state index contributed by atoms with van der Waals surface area (Å²) < 4.78 is 57.6. The van der Waals surface area contributed by atoms with Crippen molar-refractivity contribution in [2.24, 2.45) is 0 Å². The molecule has 1 saturated heterocycles. The van der Waals surface area contributed by atoms with Gasteiger partial charge in [-0.1, -0.05) is 30.3 Å². The number of methoxy groups -OCH3 is 1. The van der Waals surface area contributed by atoms with Crippen molar-refractivity contribution in [2.45, 2.75) is 37.7 Å². The van der Waals surface area contributed by atoms with Gasteiger partial charge >= 0.3 is 18.2 Å². The Kier molecular flexibility index (Phi) is 6.18. The Morgan fingerprint density at radius 3 is 2.57 bits per heavy atom. The summed E-state index contributed by atoms with van der Waals surface area (Å²) >= 11 is 0. The first-order chi connectivity index (χ1) is 17.6. The second-order valence-corrected chi connectivity index (χ2v) is 8.88. The van der Waals surface area contributed by atoms with E-state index in [9.17, 15) is 22.8 Å². The molecule has 0 unspecified atom stereocenters. The third-order valence-electron chi connectivity index (χ3n) is 6.50. The van der Waals surface area contributed by atoms with Gasteiger partial charge < -0.3 is 19.3 Å². The number of alkyl halides is 3. The number of fused-ring (bicyclic) bond motifs is 3. The van der Waals surface area contributed by atoms with Gasteiger partial charge in [-0.25, -0.2) is 4.79 Å². The molecule has 0 saturated carbocycles. The van der Waals surface area contributed by atoms with Crippen LogP contribution in [0.1, 0.15) is 33.9 Å². The maximum atomic E-state index is 13.6. The summed E-state index contributed by atoms with van der Waals surface area (Å²) in [5, 5.41) is 9.13. The fourth-order valence-electron chi connectivity index (χ4n) is 4.85. The summed E-state index contributed by atoms with van der Waals surface area (Å²) in [5.74, 6) is -0.577. The summed E-state index contributed by atoms with van der Waals surface area (Å²) in [7, 11) is 1.39. The molecule has 1 heterocycles. The molecule has 0 aromatic heterocycles. The van der Waals surface area contributed by atoms with Gasteiger partial charge in [-0.2, -0.15) is 13.2 Å². The number of carboxylic acids is 1. The Morgan fingerprint density at radius 1 is 1.08 bits per heavy atom. The number of ether oxygens (including phenoxy) is 3. The number of nitrogens with zero attached hydrogens (tertiary/aromatic N) is 1. The predicted molar refractivity (Wildman–Crippen MR) is 125 cm³/mol. The second-order valence-electron chi connectivity index (χ2n) is 8.88. The summed E-state index contributed by atoms with van der Waals surface area (Å²) in [5.41, 5.74) is 1.57. The molecule has 192 valence electrons. The van der Waals surface area contributed by atoms with E-state index in [1.165, 1.54) is 30.2 Å². The zero-order chi connectivity index (χ0) is 26.3. The van der Waals surface area contributed by atoms with Crippen molar-refractivity contribution in [1.29, 1.82) is 0 Å². The minimum atomic E-state index is -4.61. The van der Waals surface area contributed by atoms with Crippen molar-refractivity contribution in [3.8, 4) is 17.2 Å². The fraction of sp³-hybridized carbons (Fsp3) is 0.259. The zero-order valence-corrected chi connectivity index (χ0v) is 19.6. The summed E-state index contributed by atoms with van der Waals surface area (Å²) in [6.07, 6.45) is -5.40. The smallest absolute Gasteiger partial charge is 0.416 e. The van der Waals surface area contributed by atoms with Crippen LogP contribution in [0, 0.1) is 0 Å². The molecule has 7 nitrogen and oxygen atoms in total. The van der Waals surface area contributed by atoms with Gasteiger partial charge in [0.2, 0.25) is 0 Å². The van der Waals surface area contributed by atoms with E-state index in [1.807, 2.05) is 24.3 Å². The molecule has 1 amide bonds. The van der Waals surface area contributed by atoms with E-state index in [0.717, 1.165) is 23.3 Å². The quantitative estimate of drug-likeness (QED) is 0.433. The molecule has 3 aromatic rings. The summed E-state index contributed by atoms with van der Waals surface area (Å²) in [6.45, 7) is -0.190. The molecule has 0 spiro atoms. The normalized spacial score (nSPS) is 18.3. The Bertz CT molecular complexity index is 1370. The number of benzene rings is 3. The van der Waals surface area contributed by atoms with Gasteiger partial charge in [0, 0.05) is 12.0 Å². The number of carbonyl (C=O) groups is 2. The standard InChI is InChI=1S/C27H22F3NO6/c1-35-21-8-6-15(11-24(32)33)10-22(21)36-20-9-7-18(27(28,29)30)12-17(20)14-31-25-19-5-3-2-4-16(19)13-23(25)37-26(31)34/h2-10,12,23,25H,11,13-14H2,1H3,(H,32,33)/t23-,25+/m0/s1. The first-order valence-electron chi connectivity index (χ1n) is 11.5. The van der Waals surface area contributed by atoms with Crippen LogP contribution in [-0.4, -0.2) is 35.3 Å². The Morgan fingerprint density at radius 2 is 1.84 bits per heavy atom. The van der Waals surface area contributed by atoms with Gasteiger partial charge in [-0.15, -0.1) is 0 Å². The maximum Gasteiger partial charge on any atom is 0.416 e. The fourth-order valence-corrected chi connectivity index (χ4v) is 4.85. The number of halogens is 3. The minimum absolute atomic E-state index is 0.0707. The highest BCUT2D eigenvalue weighted by Crippen LogP contribution is 2.45. The van der Waals surface area contributed by atoms with Gasteiger partial charge in [-0.3, -0.25) is 9.69 Å². The van der Waals surface area contributed by atoms with Crippen LogP contribution in [0.5, 0.6) is 17.2 Å². The maximum absolute atomic E-state index is 13.6. The Hall–Kier alpha value is -4.21. The minimum Gasteiger partial charge on any atom is -0.493 e. The van der Waals surface area contributed by atoms with E-state index >= 15 is 0 Å². The Labute approximate surface area is 210 Å². The van der Waals surface area contributed by atoms with Crippen molar-refractivity contribution in [2.75, 3.05) is 7.11 Å². The van der Waals surface area contributed by atoms with Crippen LogP contribution in [0.25, 0.3) is 0 Å². The molecule has 1 N–H and O–H groups in total. The van der Waals surface area contributed by atoms with Crippen molar-refractivity contribution >= 4 is 12.1 Å².